The Morgan fingerprint density at radius 3 is 0.975 bits per heavy atom. The molecule has 0 radical (unpaired) electrons. The molecule has 3 rings (SSSR count). The molecule has 0 spiro atoms. The van der Waals surface area contributed by atoms with Gasteiger partial charge < -0.3 is 14.2 Å². The fourth-order valence-electron chi connectivity index (χ4n) is 4.30. The molecule has 236 valence electrons. The third kappa shape index (κ3) is 14.1. The first-order valence-electron chi connectivity index (χ1n) is 13.5. The molecular weight excluding hydrogens is 596 g/mol. The maximum absolute atomic E-state index is 12.6. The van der Waals surface area contributed by atoms with Crippen LogP contribution in [0.2, 0.25) is 0 Å². The van der Waals surface area contributed by atoms with Gasteiger partial charge in [0, 0.05) is 39.3 Å². The van der Waals surface area contributed by atoms with Crippen molar-refractivity contribution in [2.45, 2.75) is 19.3 Å². The van der Waals surface area contributed by atoms with Gasteiger partial charge in [-0.05, 0) is 38.9 Å². The summed E-state index contributed by atoms with van der Waals surface area (Å²) in [5.41, 5.74) is 0. The quantitative estimate of drug-likeness (QED) is 0.155. The number of morpholine rings is 3. The van der Waals surface area contributed by atoms with E-state index in [1.807, 2.05) is 14.7 Å². The standard InChI is InChI=1S/C21H42N4O12S3/c26-38(27,19-1-4-22-7-13-32-14-8-22)35-25(36-39(28,29)20-2-5-23-9-15-33-16-10-23)37-40(30,31)21-3-6-24-11-17-34-18-12-24/h1-21H2. The highest BCUT2D eigenvalue weighted by atomic mass is 32.2. The van der Waals surface area contributed by atoms with E-state index in [2.05, 4.69) is 0 Å². The number of hydrogen-bond donors (Lipinski definition) is 0. The zero-order valence-corrected chi connectivity index (χ0v) is 25.2. The van der Waals surface area contributed by atoms with Gasteiger partial charge in [-0.25, -0.2) is 0 Å². The summed E-state index contributed by atoms with van der Waals surface area (Å²) in [4.78, 5) is 6.05. The molecule has 3 saturated heterocycles. The van der Waals surface area contributed by atoms with E-state index in [0.29, 0.717) is 98.5 Å². The zero-order chi connectivity index (χ0) is 28.9. The van der Waals surface area contributed by atoms with Crippen molar-refractivity contribution in [3.8, 4) is 0 Å². The van der Waals surface area contributed by atoms with Gasteiger partial charge in [0.05, 0.1) is 56.9 Å². The molecule has 0 aromatic carbocycles. The van der Waals surface area contributed by atoms with E-state index >= 15 is 0 Å². The SMILES string of the molecule is O=S(=O)(CCCN1CCOCC1)ON(OS(=O)(=O)CCCN1CCOCC1)OS(=O)(=O)CCCN1CCOCC1. The van der Waals surface area contributed by atoms with Crippen molar-refractivity contribution in [3.05, 3.63) is 0 Å². The molecular formula is C21H42N4O12S3. The Bertz CT molecular complexity index is 910. The minimum absolute atomic E-state index is 0.161. The van der Waals surface area contributed by atoms with Crippen LogP contribution in [-0.4, -0.2) is 161 Å². The van der Waals surface area contributed by atoms with Crippen molar-refractivity contribution >= 4 is 30.4 Å². The summed E-state index contributed by atoms with van der Waals surface area (Å²) in [6.07, 6.45) is 0.484. The first-order valence-corrected chi connectivity index (χ1v) is 18.2. The summed E-state index contributed by atoms with van der Waals surface area (Å²) in [5, 5.41) is -0.405. The lowest BCUT2D eigenvalue weighted by atomic mass is 10.4. The lowest BCUT2D eigenvalue weighted by Crippen LogP contribution is -2.39. The number of nitrogens with zero attached hydrogens (tertiary/aromatic N) is 4. The number of hydrogen-bond acceptors (Lipinski definition) is 16. The predicted octanol–water partition coefficient (Wildman–Crippen LogP) is -1.76. The maximum atomic E-state index is 12.6. The summed E-state index contributed by atoms with van der Waals surface area (Å²) < 4.78 is 105. The van der Waals surface area contributed by atoms with Crippen LogP contribution in [-0.2, 0) is 57.4 Å². The van der Waals surface area contributed by atoms with Gasteiger partial charge in [-0.2, -0.15) is 25.3 Å². The topological polar surface area (TPSA) is 171 Å². The van der Waals surface area contributed by atoms with Crippen LogP contribution in [0.3, 0.4) is 0 Å². The van der Waals surface area contributed by atoms with E-state index in [-0.39, 0.29) is 19.3 Å². The smallest absolute Gasteiger partial charge is 0.287 e. The third-order valence-electron chi connectivity index (χ3n) is 6.44. The Hall–Kier alpha value is -0.550. The minimum Gasteiger partial charge on any atom is -0.379 e. The van der Waals surface area contributed by atoms with Gasteiger partial charge in [0.1, 0.15) is 5.39 Å². The minimum atomic E-state index is -4.46. The third-order valence-corrected chi connectivity index (χ3v) is 9.85. The van der Waals surface area contributed by atoms with Crippen LogP contribution in [0.25, 0.3) is 0 Å². The summed E-state index contributed by atoms with van der Waals surface area (Å²) in [7, 11) is -13.4. The molecule has 3 aliphatic heterocycles. The second kappa shape index (κ2) is 16.9. The highest BCUT2D eigenvalue weighted by Gasteiger charge is 2.31. The Morgan fingerprint density at radius 2 is 0.725 bits per heavy atom. The highest BCUT2D eigenvalue weighted by Crippen LogP contribution is 2.14. The molecule has 3 aliphatic rings. The van der Waals surface area contributed by atoms with Gasteiger partial charge in [-0.1, -0.05) is 0 Å². The van der Waals surface area contributed by atoms with Gasteiger partial charge in [0.2, 0.25) is 0 Å². The molecule has 0 atom stereocenters. The maximum Gasteiger partial charge on any atom is 0.287 e. The molecule has 19 heteroatoms. The molecule has 0 unspecified atom stereocenters. The Labute approximate surface area is 237 Å². The van der Waals surface area contributed by atoms with Crippen LogP contribution in [0, 0.1) is 0 Å². The predicted molar refractivity (Wildman–Crippen MR) is 142 cm³/mol. The van der Waals surface area contributed by atoms with Crippen LogP contribution in [0.5, 0.6) is 0 Å². The van der Waals surface area contributed by atoms with Crippen LogP contribution >= 0.6 is 0 Å². The molecule has 0 aromatic heterocycles. The van der Waals surface area contributed by atoms with Gasteiger partial charge in [0.15, 0.2) is 0 Å². The van der Waals surface area contributed by atoms with Crippen molar-refractivity contribution in [1.29, 1.82) is 0 Å². The Morgan fingerprint density at radius 1 is 0.475 bits per heavy atom. The Balaban J connectivity index is 1.54. The molecule has 16 nitrogen and oxygen atoms in total. The summed E-state index contributed by atoms with van der Waals surface area (Å²) in [6, 6.07) is 0. The molecule has 0 aromatic rings. The lowest BCUT2D eigenvalue weighted by Gasteiger charge is -2.26. The van der Waals surface area contributed by atoms with E-state index in [4.69, 9.17) is 27.1 Å². The zero-order valence-electron chi connectivity index (χ0n) is 22.8. The first-order chi connectivity index (χ1) is 19.0. The number of ether oxygens (including phenoxy) is 3. The molecule has 0 saturated carbocycles. The van der Waals surface area contributed by atoms with Gasteiger partial charge >= 0.3 is 0 Å². The van der Waals surface area contributed by atoms with Crippen molar-refractivity contribution < 1.29 is 52.3 Å². The summed E-state index contributed by atoms with van der Waals surface area (Å²) >= 11 is 0. The normalized spacial score (nSPS) is 21.2. The van der Waals surface area contributed by atoms with Crippen molar-refractivity contribution in [1.82, 2.24) is 20.1 Å². The number of rotatable bonds is 18. The molecule has 0 amide bonds. The van der Waals surface area contributed by atoms with Crippen LogP contribution < -0.4 is 0 Å². The average molecular weight is 639 g/mol. The summed E-state index contributed by atoms with van der Waals surface area (Å²) in [6.45, 7) is 8.54. The van der Waals surface area contributed by atoms with Crippen LogP contribution in [0.1, 0.15) is 19.3 Å². The van der Waals surface area contributed by atoms with E-state index in [9.17, 15) is 25.3 Å². The van der Waals surface area contributed by atoms with Gasteiger partial charge in [-0.15, -0.1) is 12.9 Å². The van der Waals surface area contributed by atoms with E-state index < -0.39 is 53.0 Å². The second-order valence-corrected chi connectivity index (χ2v) is 14.7. The van der Waals surface area contributed by atoms with E-state index in [0.717, 1.165) is 0 Å². The highest BCUT2D eigenvalue weighted by molar-refractivity contribution is 7.87. The van der Waals surface area contributed by atoms with Gasteiger partial charge in [-0.3, -0.25) is 14.7 Å². The lowest BCUT2D eigenvalue weighted by molar-refractivity contribution is -0.403. The monoisotopic (exact) mass is 638 g/mol. The van der Waals surface area contributed by atoms with E-state index in [1.165, 1.54) is 0 Å². The average Bonchev–Trinajstić information content (AvgIpc) is 2.89. The van der Waals surface area contributed by atoms with Crippen molar-refractivity contribution in [2.24, 2.45) is 0 Å². The molecule has 0 N–H and O–H groups in total. The fraction of sp³-hybridized carbons (Fsp3) is 1.00. The summed E-state index contributed by atoms with van der Waals surface area (Å²) in [5.74, 6) is -1.54. The van der Waals surface area contributed by atoms with Crippen molar-refractivity contribution in [2.75, 3.05) is 116 Å². The second-order valence-electron chi connectivity index (χ2n) is 9.66. The molecule has 0 bridgehead atoms. The Kier molecular flexibility index (Phi) is 14.4. The van der Waals surface area contributed by atoms with Crippen molar-refractivity contribution in [3.63, 3.8) is 0 Å². The molecule has 0 aliphatic carbocycles. The largest absolute Gasteiger partial charge is 0.379 e. The van der Waals surface area contributed by atoms with Crippen LogP contribution in [0.15, 0.2) is 0 Å². The van der Waals surface area contributed by atoms with Crippen LogP contribution in [0.4, 0.5) is 0 Å². The van der Waals surface area contributed by atoms with Gasteiger partial charge in [0.25, 0.3) is 30.4 Å². The van der Waals surface area contributed by atoms with E-state index in [1.54, 1.807) is 0 Å². The molecule has 40 heavy (non-hydrogen) atoms. The molecule has 3 heterocycles. The first kappa shape index (κ1) is 33.9. The fourth-order valence-corrected chi connectivity index (χ4v) is 6.82. The molecule has 3 fully saturated rings.